The molecule has 0 fully saturated rings. The van der Waals surface area contributed by atoms with Gasteiger partial charge in [0, 0.05) is 32.1 Å². The lowest BCUT2D eigenvalue weighted by Gasteiger charge is -2.17. The number of rotatable bonds is 7. The Morgan fingerprint density at radius 2 is 1.90 bits per heavy atom. The molecule has 0 radical (unpaired) electrons. The lowest BCUT2D eigenvalue weighted by molar-refractivity contribution is -0.130. The quantitative estimate of drug-likeness (QED) is 0.441. The van der Waals surface area contributed by atoms with Crippen molar-refractivity contribution in [1.29, 1.82) is 0 Å². The van der Waals surface area contributed by atoms with Crippen LogP contribution in [-0.2, 0) is 17.8 Å². The largest absolute Gasteiger partial charge is 0.497 e. The number of ether oxygens (including phenoxy) is 1. The van der Waals surface area contributed by atoms with Crippen LogP contribution >= 0.6 is 11.3 Å². The van der Waals surface area contributed by atoms with Gasteiger partial charge >= 0.3 is 0 Å². The van der Waals surface area contributed by atoms with E-state index in [9.17, 15) is 9.59 Å². The van der Waals surface area contributed by atoms with Gasteiger partial charge in [0.05, 0.1) is 18.1 Å². The van der Waals surface area contributed by atoms with E-state index >= 15 is 0 Å². The molecule has 0 aliphatic carbocycles. The average Bonchev–Trinajstić information content (AvgIpc) is 3.30. The van der Waals surface area contributed by atoms with Crippen LogP contribution in [-0.4, -0.2) is 34.5 Å². The molecule has 0 atom stereocenters. The smallest absolute Gasteiger partial charge is 0.277 e. The number of aryl methyl sites for hydroxylation is 1. The molecule has 0 bridgehead atoms. The number of hydrogen-bond acceptors (Lipinski definition) is 5. The molecule has 2 heterocycles. The second kappa shape index (κ2) is 9.14. The molecule has 2 aromatic carbocycles. The fourth-order valence-electron chi connectivity index (χ4n) is 3.49. The predicted molar refractivity (Wildman–Crippen MR) is 123 cm³/mol. The molecule has 0 saturated heterocycles. The molecule has 6 nitrogen and oxygen atoms in total. The van der Waals surface area contributed by atoms with E-state index in [-0.39, 0.29) is 24.3 Å². The van der Waals surface area contributed by atoms with Gasteiger partial charge in [-0.3, -0.25) is 14.2 Å². The number of para-hydroxylation sites is 2. The third-order valence-electron chi connectivity index (χ3n) is 5.16. The SMILES string of the molecule is COc1ccc(-n2c(=O)c(CCC(=O)N(C)Cc3ccsc3)nc3ccccc32)cc1. The highest BCUT2D eigenvalue weighted by Crippen LogP contribution is 2.19. The number of benzene rings is 2. The number of hydrogen-bond donors (Lipinski definition) is 0. The van der Waals surface area contributed by atoms with Crippen molar-refractivity contribution in [3.63, 3.8) is 0 Å². The fourth-order valence-corrected chi connectivity index (χ4v) is 4.15. The summed E-state index contributed by atoms with van der Waals surface area (Å²) in [6, 6.07) is 16.9. The maximum atomic E-state index is 13.3. The van der Waals surface area contributed by atoms with E-state index in [0.717, 1.165) is 22.5 Å². The number of fused-ring (bicyclic) bond motifs is 1. The summed E-state index contributed by atoms with van der Waals surface area (Å²) >= 11 is 1.61. The molecular formula is C24H23N3O3S. The Kier molecular flexibility index (Phi) is 6.13. The first-order valence-electron chi connectivity index (χ1n) is 9.97. The first kappa shape index (κ1) is 20.8. The van der Waals surface area contributed by atoms with Gasteiger partial charge in [-0.15, -0.1) is 0 Å². The van der Waals surface area contributed by atoms with Crippen molar-refractivity contribution >= 4 is 28.3 Å². The van der Waals surface area contributed by atoms with E-state index < -0.39 is 0 Å². The molecule has 0 unspecified atom stereocenters. The number of aromatic nitrogens is 2. The number of carbonyl (C=O) groups excluding carboxylic acids is 1. The summed E-state index contributed by atoms with van der Waals surface area (Å²) in [6.45, 7) is 0.559. The van der Waals surface area contributed by atoms with Crippen LogP contribution in [0.15, 0.2) is 70.2 Å². The first-order chi connectivity index (χ1) is 15.1. The highest BCUT2D eigenvalue weighted by molar-refractivity contribution is 7.07. The van der Waals surface area contributed by atoms with Crippen molar-refractivity contribution in [2.24, 2.45) is 0 Å². The number of methoxy groups -OCH3 is 1. The van der Waals surface area contributed by atoms with E-state index in [1.54, 1.807) is 35.0 Å². The van der Waals surface area contributed by atoms with Crippen LogP contribution < -0.4 is 10.3 Å². The van der Waals surface area contributed by atoms with Gasteiger partial charge in [-0.1, -0.05) is 12.1 Å². The Bertz CT molecular complexity index is 1250. The van der Waals surface area contributed by atoms with Gasteiger partial charge in [0.2, 0.25) is 5.91 Å². The van der Waals surface area contributed by atoms with Crippen LogP contribution in [0.3, 0.4) is 0 Å². The fraction of sp³-hybridized carbons (Fsp3) is 0.208. The van der Waals surface area contributed by atoms with Crippen LogP contribution in [0.25, 0.3) is 16.7 Å². The van der Waals surface area contributed by atoms with Crippen LogP contribution in [0, 0.1) is 0 Å². The highest BCUT2D eigenvalue weighted by Gasteiger charge is 2.16. The van der Waals surface area contributed by atoms with Gasteiger partial charge in [-0.05, 0) is 58.8 Å². The number of nitrogens with zero attached hydrogens (tertiary/aromatic N) is 3. The minimum absolute atomic E-state index is 0.0171. The summed E-state index contributed by atoms with van der Waals surface area (Å²) in [5.41, 5.74) is 3.44. The highest BCUT2D eigenvalue weighted by atomic mass is 32.1. The number of carbonyl (C=O) groups is 1. The molecule has 0 spiro atoms. The van der Waals surface area contributed by atoms with E-state index in [2.05, 4.69) is 4.98 Å². The topological polar surface area (TPSA) is 64.4 Å². The Morgan fingerprint density at radius 3 is 2.61 bits per heavy atom. The average molecular weight is 434 g/mol. The second-order valence-corrected chi connectivity index (χ2v) is 8.05. The maximum absolute atomic E-state index is 13.3. The number of thiophene rings is 1. The van der Waals surface area contributed by atoms with Crippen molar-refractivity contribution in [2.45, 2.75) is 19.4 Å². The molecule has 0 aliphatic heterocycles. The molecule has 158 valence electrons. The lowest BCUT2D eigenvalue weighted by Crippen LogP contribution is -2.29. The summed E-state index contributed by atoms with van der Waals surface area (Å²) in [6.07, 6.45) is 0.510. The standard InChI is InChI=1S/C24H23N3O3S/c1-26(15-17-13-14-31-16-17)23(28)12-11-21-24(29)27(18-7-9-19(30-2)10-8-18)22-6-4-3-5-20(22)25-21/h3-10,13-14,16H,11-12,15H2,1-2H3. The number of amides is 1. The maximum Gasteiger partial charge on any atom is 0.277 e. The van der Waals surface area contributed by atoms with Crippen LogP contribution in [0.1, 0.15) is 17.7 Å². The molecule has 0 aliphatic rings. The summed E-state index contributed by atoms with van der Waals surface area (Å²) in [5, 5.41) is 4.02. The summed E-state index contributed by atoms with van der Waals surface area (Å²) in [7, 11) is 3.39. The second-order valence-electron chi connectivity index (χ2n) is 7.27. The molecular weight excluding hydrogens is 410 g/mol. The third-order valence-corrected chi connectivity index (χ3v) is 5.89. The van der Waals surface area contributed by atoms with E-state index in [0.29, 0.717) is 17.8 Å². The Morgan fingerprint density at radius 1 is 1.13 bits per heavy atom. The molecule has 7 heteroatoms. The molecule has 0 saturated carbocycles. The summed E-state index contributed by atoms with van der Waals surface area (Å²) in [4.78, 5) is 32.2. The van der Waals surface area contributed by atoms with Gasteiger partial charge in [0.1, 0.15) is 11.4 Å². The van der Waals surface area contributed by atoms with Gasteiger partial charge < -0.3 is 9.64 Å². The third kappa shape index (κ3) is 4.51. The van der Waals surface area contributed by atoms with Crippen LogP contribution in [0.5, 0.6) is 5.75 Å². The van der Waals surface area contributed by atoms with E-state index in [1.807, 2.05) is 65.4 Å². The van der Waals surface area contributed by atoms with Gasteiger partial charge in [-0.2, -0.15) is 11.3 Å². The van der Waals surface area contributed by atoms with Crippen LogP contribution in [0.2, 0.25) is 0 Å². The van der Waals surface area contributed by atoms with Gasteiger partial charge in [0.25, 0.3) is 5.56 Å². The van der Waals surface area contributed by atoms with Crippen LogP contribution in [0.4, 0.5) is 0 Å². The zero-order chi connectivity index (χ0) is 21.8. The van der Waals surface area contributed by atoms with Crippen molar-refractivity contribution in [3.05, 3.63) is 87.0 Å². The minimum Gasteiger partial charge on any atom is -0.497 e. The van der Waals surface area contributed by atoms with Crippen molar-refractivity contribution in [2.75, 3.05) is 14.2 Å². The van der Waals surface area contributed by atoms with Crippen molar-refractivity contribution < 1.29 is 9.53 Å². The Balaban J connectivity index is 1.63. The molecule has 4 aromatic rings. The molecule has 2 aromatic heterocycles. The zero-order valence-electron chi connectivity index (χ0n) is 17.4. The van der Waals surface area contributed by atoms with Gasteiger partial charge in [0.15, 0.2) is 0 Å². The Labute approximate surface area is 184 Å². The molecule has 1 amide bonds. The molecule has 4 rings (SSSR count). The zero-order valence-corrected chi connectivity index (χ0v) is 18.3. The van der Waals surface area contributed by atoms with Crippen molar-refractivity contribution in [3.8, 4) is 11.4 Å². The van der Waals surface area contributed by atoms with Gasteiger partial charge in [-0.25, -0.2) is 4.98 Å². The molecule has 31 heavy (non-hydrogen) atoms. The first-order valence-corrected chi connectivity index (χ1v) is 10.9. The van der Waals surface area contributed by atoms with E-state index in [4.69, 9.17) is 4.74 Å². The van der Waals surface area contributed by atoms with E-state index in [1.165, 1.54) is 0 Å². The summed E-state index contributed by atoms with van der Waals surface area (Å²) < 4.78 is 6.88. The van der Waals surface area contributed by atoms with Crippen molar-refractivity contribution in [1.82, 2.24) is 14.5 Å². The minimum atomic E-state index is -0.211. The predicted octanol–water partition coefficient (Wildman–Crippen LogP) is 4.05. The molecule has 0 N–H and O–H groups in total. The summed E-state index contributed by atoms with van der Waals surface area (Å²) in [5.74, 6) is 0.700. The normalized spacial score (nSPS) is 10.9. The lowest BCUT2D eigenvalue weighted by atomic mass is 10.2. The monoisotopic (exact) mass is 433 g/mol. The Hall–Kier alpha value is -3.45.